The topological polar surface area (TPSA) is 40.6 Å². The first-order valence-corrected chi connectivity index (χ1v) is 10.9. The zero-order valence-corrected chi connectivity index (χ0v) is 18.1. The van der Waals surface area contributed by atoms with Crippen LogP contribution in [0.25, 0.3) is 0 Å². The molecule has 5 heteroatoms. The van der Waals surface area contributed by atoms with Gasteiger partial charge in [-0.3, -0.25) is 9.59 Å². The summed E-state index contributed by atoms with van der Waals surface area (Å²) < 4.78 is 0. The van der Waals surface area contributed by atoms with E-state index in [1.54, 1.807) is 16.2 Å². The van der Waals surface area contributed by atoms with Crippen LogP contribution in [0.2, 0.25) is 0 Å². The minimum absolute atomic E-state index is 0.0186. The predicted molar refractivity (Wildman–Crippen MR) is 114 cm³/mol. The second kappa shape index (κ2) is 8.48. The number of hydrogen-bond donors (Lipinski definition) is 0. The number of rotatable bonds is 5. The van der Waals surface area contributed by atoms with E-state index in [-0.39, 0.29) is 29.9 Å². The van der Waals surface area contributed by atoms with Crippen molar-refractivity contribution in [1.82, 2.24) is 9.80 Å². The van der Waals surface area contributed by atoms with Gasteiger partial charge in [0, 0.05) is 23.4 Å². The Hall–Kier alpha value is -2.14. The van der Waals surface area contributed by atoms with Crippen LogP contribution in [0.5, 0.6) is 0 Å². The van der Waals surface area contributed by atoms with Crippen LogP contribution in [-0.2, 0) is 16.0 Å². The fourth-order valence-electron chi connectivity index (χ4n) is 3.85. The summed E-state index contributed by atoms with van der Waals surface area (Å²) in [7, 11) is 0. The molecule has 0 spiro atoms. The van der Waals surface area contributed by atoms with Gasteiger partial charge in [0.1, 0.15) is 6.54 Å². The predicted octanol–water partition coefficient (Wildman–Crippen LogP) is 4.65. The van der Waals surface area contributed by atoms with Crippen LogP contribution in [0.4, 0.5) is 0 Å². The molecule has 1 atom stereocenters. The maximum absolute atomic E-state index is 13.4. The maximum Gasteiger partial charge on any atom is 0.243 e. The summed E-state index contributed by atoms with van der Waals surface area (Å²) in [6.45, 7) is 8.80. The molecule has 3 rings (SSSR count). The summed E-state index contributed by atoms with van der Waals surface area (Å²) >= 11 is 1.76. The maximum atomic E-state index is 13.4. The zero-order valence-electron chi connectivity index (χ0n) is 17.3. The Morgan fingerprint density at radius 3 is 2.54 bits per heavy atom. The number of fused-ring (bicyclic) bond motifs is 1. The van der Waals surface area contributed by atoms with Crippen molar-refractivity contribution >= 4 is 23.2 Å². The van der Waals surface area contributed by atoms with Crippen molar-refractivity contribution in [3.8, 4) is 0 Å². The first-order chi connectivity index (χ1) is 13.3. The van der Waals surface area contributed by atoms with Crippen LogP contribution in [0.1, 0.15) is 62.6 Å². The van der Waals surface area contributed by atoms with Crippen molar-refractivity contribution in [3.05, 3.63) is 57.8 Å². The summed E-state index contributed by atoms with van der Waals surface area (Å²) in [6.07, 6.45) is 2.13. The highest BCUT2D eigenvalue weighted by atomic mass is 32.1. The Labute approximate surface area is 172 Å². The number of nitrogens with zero attached hydrogens (tertiary/aromatic N) is 2. The van der Waals surface area contributed by atoms with Gasteiger partial charge in [-0.2, -0.15) is 0 Å². The highest BCUT2D eigenvalue weighted by Crippen LogP contribution is 2.37. The van der Waals surface area contributed by atoms with Gasteiger partial charge in [-0.05, 0) is 56.2 Å². The van der Waals surface area contributed by atoms with Crippen molar-refractivity contribution in [2.45, 2.75) is 58.5 Å². The van der Waals surface area contributed by atoms with Crippen molar-refractivity contribution in [1.29, 1.82) is 0 Å². The van der Waals surface area contributed by atoms with E-state index < -0.39 is 0 Å². The molecule has 150 valence electrons. The normalized spacial score (nSPS) is 16.6. The quantitative estimate of drug-likeness (QED) is 0.736. The third-order valence-corrected chi connectivity index (χ3v) is 6.27. The van der Waals surface area contributed by atoms with Gasteiger partial charge in [-0.1, -0.05) is 37.3 Å². The van der Waals surface area contributed by atoms with Gasteiger partial charge in [-0.25, -0.2) is 0 Å². The zero-order chi connectivity index (χ0) is 20.3. The number of thiophene rings is 1. The SMILES string of the molecule is CCCC(=O)N(CC(=O)N1CCc2sccc2C1c1ccccc1)C(C)(C)C. The van der Waals surface area contributed by atoms with Crippen LogP contribution in [0.3, 0.4) is 0 Å². The van der Waals surface area contributed by atoms with Crippen molar-refractivity contribution in [2.75, 3.05) is 13.1 Å². The van der Waals surface area contributed by atoms with Crippen molar-refractivity contribution in [3.63, 3.8) is 0 Å². The molecule has 28 heavy (non-hydrogen) atoms. The second-order valence-electron chi connectivity index (χ2n) is 8.35. The first kappa shape index (κ1) is 20.6. The molecule has 4 nitrogen and oxygen atoms in total. The third-order valence-electron chi connectivity index (χ3n) is 5.27. The minimum atomic E-state index is -0.381. The molecule has 2 amide bonds. The second-order valence-corrected chi connectivity index (χ2v) is 9.35. The molecule has 2 heterocycles. The van der Waals surface area contributed by atoms with Crippen molar-refractivity contribution < 1.29 is 9.59 Å². The number of carbonyl (C=O) groups excluding carboxylic acids is 2. The lowest BCUT2D eigenvalue weighted by atomic mass is 9.93. The molecular weight excluding hydrogens is 368 g/mol. The molecule has 0 aliphatic carbocycles. The van der Waals surface area contributed by atoms with E-state index >= 15 is 0 Å². The number of benzene rings is 1. The van der Waals surface area contributed by atoms with E-state index in [0.717, 1.165) is 18.4 Å². The summed E-state index contributed by atoms with van der Waals surface area (Å²) in [5.74, 6) is 0.0675. The largest absolute Gasteiger partial charge is 0.330 e. The van der Waals surface area contributed by atoms with Gasteiger partial charge in [0.15, 0.2) is 0 Å². The average molecular weight is 399 g/mol. The molecule has 1 aliphatic heterocycles. The Bertz CT molecular complexity index is 823. The molecular formula is C23H30N2O2S. The molecule has 1 aromatic heterocycles. The number of hydrogen-bond acceptors (Lipinski definition) is 3. The van der Waals surface area contributed by atoms with E-state index in [4.69, 9.17) is 0 Å². The van der Waals surface area contributed by atoms with Gasteiger partial charge in [-0.15, -0.1) is 11.3 Å². The molecule has 1 aliphatic rings. The molecule has 0 radical (unpaired) electrons. The van der Waals surface area contributed by atoms with Crippen LogP contribution < -0.4 is 0 Å². The highest BCUT2D eigenvalue weighted by Gasteiger charge is 2.35. The van der Waals surface area contributed by atoms with Gasteiger partial charge in [0.25, 0.3) is 0 Å². The van der Waals surface area contributed by atoms with Crippen molar-refractivity contribution in [2.24, 2.45) is 0 Å². The van der Waals surface area contributed by atoms with E-state index in [0.29, 0.717) is 13.0 Å². The molecule has 0 fully saturated rings. The van der Waals surface area contributed by atoms with Gasteiger partial charge < -0.3 is 9.80 Å². The average Bonchev–Trinajstić information content (AvgIpc) is 3.13. The monoisotopic (exact) mass is 398 g/mol. The standard InChI is InChI=1S/C23H30N2O2S/c1-5-9-20(26)25(23(2,3)4)16-21(27)24-14-12-19-18(13-15-28-19)22(24)17-10-7-6-8-11-17/h6-8,10-11,13,15,22H,5,9,12,14,16H2,1-4H3. The van der Waals surface area contributed by atoms with E-state index in [2.05, 4.69) is 23.6 Å². The fraction of sp³-hybridized carbons (Fsp3) is 0.478. The lowest BCUT2D eigenvalue weighted by Gasteiger charge is -2.40. The van der Waals surface area contributed by atoms with Crippen LogP contribution in [0.15, 0.2) is 41.8 Å². The van der Waals surface area contributed by atoms with Crippen LogP contribution in [-0.4, -0.2) is 40.2 Å². The number of amides is 2. The molecule has 0 saturated heterocycles. The first-order valence-electron chi connectivity index (χ1n) is 10.0. The molecule has 1 aromatic carbocycles. The molecule has 0 saturated carbocycles. The van der Waals surface area contributed by atoms with E-state index in [1.807, 2.05) is 50.8 Å². The molecule has 2 aromatic rings. The smallest absolute Gasteiger partial charge is 0.243 e. The van der Waals surface area contributed by atoms with Crippen LogP contribution >= 0.6 is 11.3 Å². The summed E-state index contributed by atoms with van der Waals surface area (Å²) in [6, 6.07) is 12.3. The van der Waals surface area contributed by atoms with Gasteiger partial charge in [0.2, 0.25) is 11.8 Å². The third kappa shape index (κ3) is 4.30. The summed E-state index contributed by atoms with van der Waals surface area (Å²) in [5.41, 5.74) is 1.96. The molecule has 1 unspecified atom stereocenters. The lowest BCUT2D eigenvalue weighted by molar-refractivity contribution is -0.145. The fourth-order valence-corrected chi connectivity index (χ4v) is 4.76. The summed E-state index contributed by atoms with van der Waals surface area (Å²) in [4.78, 5) is 31.1. The van der Waals surface area contributed by atoms with E-state index in [1.165, 1.54) is 10.4 Å². The number of carbonyl (C=O) groups is 2. The highest BCUT2D eigenvalue weighted by molar-refractivity contribution is 7.10. The Morgan fingerprint density at radius 2 is 1.89 bits per heavy atom. The summed E-state index contributed by atoms with van der Waals surface area (Å²) in [5, 5.41) is 2.11. The van der Waals surface area contributed by atoms with Gasteiger partial charge in [0.05, 0.1) is 6.04 Å². The van der Waals surface area contributed by atoms with Crippen LogP contribution in [0, 0.1) is 0 Å². The van der Waals surface area contributed by atoms with E-state index in [9.17, 15) is 9.59 Å². The lowest BCUT2D eigenvalue weighted by Crippen LogP contribution is -2.52. The Balaban J connectivity index is 1.90. The van der Waals surface area contributed by atoms with Gasteiger partial charge >= 0.3 is 0 Å². The molecule has 0 bridgehead atoms. The Morgan fingerprint density at radius 1 is 1.18 bits per heavy atom. The Kier molecular flexibility index (Phi) is 6.23. The molecule has 0 N–H and O–H groups in total. The minimum Gasteiger partial charge on any atom is -0.330 e.